The van der Waals surface area contributed by atoms with Crippen molar-refractivity contribution in [3.05, 3.63) is 42.0 Å². The van der Waals surface area contributed by atoms with Gasteiger partial charge in [0.05, 0.1) is 0 Å². The first-order chi connectivity index (χ1) is 6.31. The highest BCUT2D eigenvalue weighted by molar-refractivity contribution is 5.48. The molecule has 0 saturated heterocycles. The Morgan fingerprint density at radius 3 is 2.54 bits per heavy atom. The molecule has 0 amide bonds. The van der Waals surface area contributed by atoms with Crippen LogP contribution in [0.5, 0.6) is 0 Å². The highest BCUT2D eigenvalue weighted by Crippen LogP contribution is 2.18. The predicted octanol–water partition coefficient (Wildman–Crippen LogP) is 2.62. The van der Waals surface area contributed by atoms with Gasteiger partial charge in [-0.2, -0.15) is 0 Å². The third-order valence-corrected chi connectivity index (χ3v) is 1.85. The average Bonchev–Trinajstić information content (AvgIpc) is 2.20. The van der Waals surface area contributed by atoms with Crippen molar-refractivity contribution in [1.82, 2.24) is 0 Å². The number of hydrogen-bond donors (Lipinski definition) is 0. The van der Waals surface area contributed by atoms with E-state index in [-0.39, 0.29) is 6.29 Å². The SMILES string of the molecule is C=Cc1cccc(C(OC)OC)c1. The molecule has 0 heterocycles. The molecule has 0 radical (unpaired) electrons. The van der Waals surface area contributed by atoms with Gasteiger partial charge in [0.25, 0.3) is 0 Å². The maximum atomic E-state index is 5.13. The van der Waals surface area contributed by atoms with E-state index in [1.807, 2.05) is 24.3 Å². The third kappa shape index (κ3) is 2.41. The number of benzene rings is 1. The van der Waals surface area contributed by atoms with Crippen LogP contribution in [0.3, 0.4) is 0 Å². The Morgan fingerprint density at radius 2 is 2.00 bits per heavy atom. The molecule has 0 aromatic heterocycles. The van der Waals surface area contributed by atoms with Gasteiger partial charge in [-0.05, 0) is 11.6 Å². The van der Waals surface area contributed by atoms with Gasteiger partial charge in [0.1, 0.15) is 0 Å². The second-order valence-electron chi connectivity index (χ2n) is 2.68. The van der Waals surface area contributed by atoms with E-state index in [0.717, 1.165) is 11.1 Å². The Hall–Kier alpha value is -1.12. The highest BCUT2D eigenvalue weighted by atomic mass is 16.7. The molecule has 0 aliphatic carbocycles. The summed E-state index contributed by atoms with van der Waals surface area (Å²) in [5.41, 5.74) is 2.07. The van der Waals surface area contributed by atoms with Gasteiger partial charge in [0, 0.05) is 19.8 Å². The van der Waals surface area contributed by atoms with Crippen LogP contribution in [0.1, 0.15) is 17.4 Å². The summed E-state index contributed by atoms with van der Waals surface area (Å²) in [7, 11) is 3.24. The van der Waals surface area contributed by atoms with E-state index in [1.165, 1.54) is 0 Å². The average molecular weight is 178 g/mol. The van der Waals surface area contributed by atoms with Crippen LogP contribution in [0, 0.1) is 0 Å². The third-order valence-electron chi connectivity index (χ3n) is 1.85. The normalized spacial score (nSPS) is 10.4. The highest BCUT2D eigenvalue weighted by Gasteiger charge is 2.07. The van der Waals surface area contributed by atoms with E-state index in [0.29, 0.717) is 0 Å². The van der Waals surface area contributed by atoms with E-state index >= 15 is 0 Å². The van der Waals surface area contributed by atoms with Crippen molar-refractivity contribution < 1.29 is 9.47 Å². The van der Waals surface area contributed by atoms with E-state index in [1.54, 1.807) is 20.3 Å². The standard InChI is InChI=1S/C11H14O2/c1-4-9-6-5-7-10(8-9)11(12-2)13-3/h4-8,11H,1H2,2-3H3. The summed E-state index contributed by atoms with van der Waals surface area (Å²) in [6, 6.07) is 7.89. The second-order valence-corrected chi connectivity index (χ2v) is 2.68. The van der Waals surface area contributed by atoms with Crippen molar-refractivity contribution in [2.75, 3.05) is 14.2 Å². The molecule has 0 spiro atoms. The topological polar surface area (TPSA) is 18.5 Å². The quantitative estimate of drug-likeness (QED) is 0.660. The van der Waals surface area contributed by atoms with E-state index in [4.69, 9.17) is 9.47 Å². The van der Waals surface area contributed by atoms with Crippen molar-refractivity contribution >= 4 is 6.08 Å². The van der Waals surface area contributed by atoms with Crippen LogP contribution in [0.25, 0.3) is 6.08 Å². The van der Waals surface area contributed by atoms with E-state index < -0.39 is 0 Å². The minimum Gasteiger partial charge on any atom is -0.352 e. The molecule has 0 bridgehead atoms. The van der Waals surface area contributed by atoms with Crippen LogP contribution < -0.4 is 0 Å². The Labute approximate surface area is 78.8 Å². The number of ether oxygens (including phenoxy) is 2. The first kappa shape index (κ1) is 9.96. The molecule has 1 aromatic rings. The molecule has 0 atom stereocenters. The van der Waals surface area contributed by atoms with Crippen molar-refractivity contribution in [2.24, 2.45) is 0 Å². The lowest BCUT2D eigenvalue weighted by Crippen LogP contribution is -2.03. The van der Waals surface area contributed by atoms with E-state index in [9.17, 15) is 0 Å². The van der Waals surface area contributed by atoms with Crippen molar-refractivity contribution in [1.29, 1.82) is 0 Å². The molecular formula is C11H14O2. The molecule has 1 rings (SSSR count). The van der Waals surface area contributed by atoms with Gasteiger partial charge in [-0.3, -0.25) is 0 Å². The van der Waals surface area contributed by atoms with Crippen LogP contribution in [0.2, 0.25) is 0 Å². The molecule has 0 fully saturated rings. The van der Waals surface area contributed by atoms with Gasteiger partial charge in [-0.25, -0.2) is 0 Å². The van der Waals surface area contributed by atoms with Crippen LogP contribution in [0.15, 0.2) is 30.8 Å². The Balaban J connectivity index is 2.92. The molecule has 2 heteroatoms. The minimum absolute atomic E-state index is 0.292. The Morgan fingerprint density at radius 1 is 1.31 bits per heavy atom. The molecule has 0 aliphatic rings. The summed E-state index contributed by atoms with van der Waals surface area (Å²) in [4.78, 5) is 0. The lowest BCUT2D eigenvalue weighted by molar-refractivity contribution is -0.106. The zero-order chi connectivity index (χ0) is 9.68. The molecule has 0 N–H and O–H groups in total. The van der Waals surface area contributed by atoms with E-state index in [2.05, 4.69) is 6.58 Å². The van der Waals surface area contributed by atoms with Gasteiger partial charge in [-0.15, -0.1) is 0 Å². The fourth-order valence-corrected chi connectivity index (χ4v) is 1.20. The molecule has 13 heavy (non-hydrogen) atoms. The lowest BCUT2D eigenvalue weighted by atomic mass is 10.1. The summed E-state index contributed by atoms with van der Waals surface area (Å²) < 4.78 is 10.3. The molecule has 2 nitrogen and oxygen atoms in total. The summed E-state index contributed by atoms with van der Waals surface area (Å²) in [5.74, 6) is 0. The molecule has 0 aliphatic heterocycles. The van der Waals surface area contributed by atoms with Crippen LogP contribution in [0.4, 0.5) is 0 Å². The van der Waals surface area contributed by atoms with Crippen LogP contribution in [-0.2, 0) is 9.47 Å². The Bertz CT molecular complexity index is 277. The first-order valence-corrected chi connectivity index (χ1v) is 4.09. The van der Waals surface area contributed by atoms with Gasteiger partial charge in [0.2, 0.25) is 0 Å². The van der Waals surface area contributed by atoms with Crippen LogP contribution >= 0.6 is 0 Å². The maximum absolute atomic E-state index is 5.13. The fourth-order valence-electron chi connectivity index (χ4n) is 1.20. The second kappa shape index (κ2) is 4.80. The summed E-state index contributed by atoms with van der Waals surface area (Å²) >= 11 is 0. The van der Waals surface area contributed by atoms with Crippen molar-refractivity contribution in [3.63, 3.8) is 0 Å². The smallest absolute Gasteiger partial charge is 0.183 e. The number of methoxy groups -OCH3 is 2. The maximum Gasteiger partial charge on any atom is 0.183 e. The van der Waals surface area contributed by atoms with Crippen LogP contribution in [-0.4, -0.2) is 14.2 Å². The zero-order valence-corrected chi connectivity index (χ0v) is 7.99. The number of rotatable bonds is 4. The monoisotopic (exact) mass is 178 g/mol. The van der Waals surface area contributed by atoms with Crippen molar-refractivity contribution in [2.45, 2.75) is 6.29 Å². The largest absolute Gasteiger partial charge is 0.352 e. The number of hydrogen-bond acceptors (Lipinski definition) is 2. The molecular weight excluding hydrogens is 164 g/mol. The fraction of sp³-hybridized carbons (Fsp3) is 0.273. The van der Waals surface area contributed by atoms with Gasteiger partial charge in [-0.1, -0.05) is 30.9 Å². The van der Waals surface area contributed by atoms with Crippen molar-refractivity contribution in [3.8, 4) is 0 Å². The lowest BCUT2D eigenvalue weighted by Gasteiger charge is -2.13. The van der Waals surface area contributed by atoms with Gasteiger partial charge < -0.3 is 9.47 Å². The zero-order valence-electron chi connectivity index (χ0n) is 7.99. The van der Waals surface area contributed by atoms with Gasteiger partial charge >= 0.3 is 0 Å². The molecule has 0 unspecified atom stereocenters. The van der Waals surface area contributed by atoms with Gasteiger partial charge in [0.15, 0.2) is 6.29 Å². The summed E-state index contributed by atoms with van der Waals surface area (Å²) in [5, 5.41) is 0. The molecule has 0 saturated carbocycles. The summed E-state index contributed by atoms with van der Waals surface area (Å²) in [6.07, 6.45) is 1.51. The summed E-state index contributed by atoms with van der Waals surface area (Å²) in [6.45, 7) is 3.70. The molecule has 1 aromatic carbocycles. The minimum atomic E-state index is -0.292. The molecule has 70 valence electrons. The predicted molar refractivity (Wildman–Crippen MR) is 53.3 cm³/mol. The first-order valence-electron chi connectivity index (χ1n) is 4.09. The Kier molecular flexibility index (Phi) is 3.68.